The number of nitrogens with zero attached hydrogens (tertiary/aromatic N) is 1. The molecule has 0 saturated carbocycles. The van der Waals surface area contributed by atoms with Gasteiger partial charge in [0.2, 0.25) is 0 Å². The molecule has 3 N–H and O–H groups in total. The average molecular weight is 249 g/mol. The van der Waals surface area contributed by atoms with Gasteiger partial charge in [-0.15, -0.1) is 0 Å². The first-order valence-electron chi connectivity index (χ1n) is 5.76. The van der Waals surface area contributed by atoms with Crippen LogP contribution in [0.25, 0.3) is 0 Å². The molecule has 6 heteroatoms. The SMILES string of the molecule is CC(O)CN(CCO)CC(C)OC(=O)C(C)O. The first-order chi connectivity index (χ1) is 7.86. The molecule has 0 fully saturated rings. The minimum absolute atomic E-state index is 0.0240. The van der Waals surface area contributed by atoms with Gasteiger partial charge in [-0.2, -0.15) is 0 Å². The fourth-order valence-electron chi connectivity index (χ4n) is 1.47. The van der Waals surface area contributed by atoms with E-state index in [1.54, 1.807) is 18.7 Å². The molecule has 0 aliphatic carbocycles. The number of esters is 1. The second-order valence-electron chi connectivity index (χ2n) is 4.26. The number of carbonyl (C=O) groups is 1. The van der Waals surface area contributed by atoms with Crippen molar-refractivity contribution in [3.8, 4) is 0 Å². The molecule has 0 aromatic heterocycles. The first-order valence-corrected chi connectivity index (χ1v) is 5.76. The van der Waals surface area contributed by atoms with Crippen LogP contribution in [-0.4, -0.2) is 70.7 Å². The van der Waals surface area contributed by atoms with E-state index >= 15 is 0 Å². The van der Waals surface area contributed by atoms with Gasteiger partial charge in [0.1, 0.15) is 12.2 Å². The van der Waals surface area contributed by atoms with Gasteiger partial charge >= 0.3 is 5.97 Å². The van der Waals surface area contributed by atoms with E-state index in [0.29, 0.717) is 19.6 Å². The van der Waals surface area contributed by atoms with Crippen LogP contribution in [-0.2, 0) is 9.53 Å². The molecule has 0 saturated heterocycles. The van der Waals surface area contributed by atoms with Gasteiger partial charge in [0.15, 0.2) is 0 Å². The average Bonchev–Trinajstić information content (AvgIpc) is 2.16. The van der Waals surface area contributed by atoms with Gasteiger partial charge in [-0.3, -0.25) is 4.90 Å². The van der Waals surface area contributed by atoms with Gasteiger partial charge in [-0.1, -0.05) is 0 Å². The summed E-state index contributed by atoms with van der Waals surface area (Å²) in [5, 5.41) is 27.1. The van der Waals surface area contributed by atoms with E-state index in [2.05, 4.69) is 0 Å². The Labute approximate surface area is 102 Å². The van der Waals surface area contributed by atoms with E-state index < -0.39 is 24.3 Å². The summed E-state index contributed by atoms with van der Waals surface area (Å²) >= 11 is 0. The number of ether oxygens (including phenoxy) is 1. The van der Waals surface area contributed by atoms with Crippen molar-refractivity contribution in [3.63, 3.8) is 0 Å². The number of aliphatic hydroxyl groups excluding tert-OH is 3. The van der Waals surface area contributed by atoms with Crippen LogP contribution in [0.15, 0.2) is 0 Å². The van der Waals surface area contributed by atoms with Crippen molar-refractivity contribution in [1.82, 2.24) is 4.90 Å². The summed E-state index contributed by atoms with van der Waals surface area (Å²) in [4.78, 5) is 12.9. The molecule has 0 rings (SSSR count). The van der Waals surface area contributed by atoms with E-state index in [4.69, 9.17) is 14.9 Å². The predicted octanol–water partition coefficient (Wildman–Crippen LogP) is -1.03. The molecule has 3 unspecified atom stereocenters. The summed E-state index contributed by atoms with van der Waals surface area (Å²) in [7, 11) is 0. The second-order valence-corrected chi connectivity index (χ2v) is 4.26. The molecule has 102 valence electrons. The molecule has 0 aliphatic heterocycles. The molecule has 0 spiro atoms. The van der Waals surface area contributed by atoms with Gasteiger partial charge in [0.05, 0.1) is 12.7 Å². The Morgan fingerprint density at radius 3 is 2.24 bits per heavy atom. The normalized spacial score (nSPS) is 16.6. The van der Waals surface area contributed by atoms with E-state index in [-0.39, 0.29) is 6.61 Å². The molecule has 3 atom stereocenters. The Hall–Kier alpha value is -0.690. The fraction of sp³-hybridized carbons (Fsp3) is 0.909. The molecular weight excluding hydrogens is 226 g/mol. The highest BCUT2D eigenvalue weighted by Crippen LogP contribution is 2.00. The van der Waals surface area contributed by atoms with Crippen molar-refractivity contribution in [3.05, 3.63) is 0 Å². The number of rotatable bonds is 8. The highest BCUT2D eigenvalue weighted by molar-refractivity contribution is 5.73. The topological polar surface area (TPSA) is 90.2 Å². The second kappa shape index (κ2) is 8.41. The lowest BCUT2D eigenvalue weighted by Crippen LogP contribution is -2.40. The summed E-state index contributed by atoms with van der Waals surface area (Å²) in [5.74, 6) is -0.668. The maximum absolute atomic E-state index is 11.1. The van der Waals surface area contributed by atoms with Crippen LogP contribution in [0, 0.1) is 0 Å². The number of hydrogen-bond acceptors (Lipinski definition) is 6. The monoisotopic (exact) mass is 249 g/mol. The van der Waals surface area contributed by atoms with Crippen molar-refractivity contribution < 1.29 is 24.9 Å². The van der Waals surface area contributed by atoms with Crippen LogP contribution in [0.1, 0.15) is 20.8 Å². The summed E-state index contributed by atoms with van der Waals surface area (Å²) < 4.78 is 4.98. The van der Waals surface area contributed by atoms with E-state index in [9.17, 15) is 9.90 Å². The predicted molar refractivity (Wildman–Crippen MR) is 62.4 cm³/mol. The Kier molecular flexibility index (Phi) is 8.07. The molecule has 0 aliphatic rings. The zero-order valence-corrected chi connectivity index (χ0v) is 10.7. The van der Waals surface area contributed by atoms with E-state index in [0.717, 1.165) is 0 Å². The van der Waals surface area contributed by atoms with Crippen LogP contribution in [0.4, 0.5) is 0 Å². The molecule has 17 heavy (non-hydrogen) atoms. The number of aliphatic hydroxyl groups is 3. The fourth-order valence-corrected chi connectivity index (χ4v) is 1.47. The Morgan fingerprint density at radius 1 is 1.24 bits per heavy atom. The van der Waals surface area contributed by atoms with Crippen molar-refractivity contribution in [1.29, 1.82) is 0 Å². The lowest BCUT2D eigenvalue weighted by Gasteiger charge is -2.26. The van der Waals surface area contributed by atoms with Crippen molar-refractivity contribution >= 4 is 5.97 Å². The van der Waals surface area contributed by atoms with Crippen molar-refractivity contribution in [2.45, 2.75) is 39.1 Å². The van der Waals surface area contributed by atoms with Gasteiger partial charge in [-0.05, 0) is 20.8 Å². The summed E-state index contributed by atoms with van der Waals surface area (Å²) in [6.45, 7) is 5.88. The molecule has 0 bridgehead atoms. The maximum Gasteiger partial charge on any atom is 0.334 e. The largest absolute Gasteiger partial charge is 0.459 e. The third kappa shape index (κ3) is 8.09. The van der Waals surface area contributed by atoms with Crippen LogP contribution >= 0.6 is 0 Å². The summed E-state index contributed by atoms with van der Waals surface area (Å²) in [6, 6.07) is 0. The maximum atomic E-state index is 11.1. The van der Waals surface area contributed by atoms with E-state index in [1.807, 2.05) is 0 Å². The molecule has 0 aromatic carbocycles. The Bertz CT molecular complexity index is 220. The molecule has 6 nitrogen and oxygen atoms in total. The number of hydrogen-bond donors (Lipinski definition) is 3. The van der Waals surface area contributed by atoms with Gasteiger partial charge in [-0.25, -0.2) is 4.79 Å². The first kappa shape index (κ1) is 16.3. The van der Waals surface area contributed by atoms with Gasteiger partial charge < -0.3 is 20.1 Å². The zero-order chi connectivity index (χ0) is 13.4. The number of carbonyl (C=O) groups excluding carboxylic acids is 1. The van der Waals surface area contributed by atoms with E-state index in [1.165, 1.54) is 6.92 Å². The van der Waals surface area contributed by atoms with Crippen molar-refractivity contribution in [2.75, 3.05) is 26.2 Å². The highest BCUT2D eigenvalue weighted by Gasteiger charge is 2.17. The van der Waals surface area contributed by atoms with Crippen LogP contribution in [0.2, 0.25) is 0 Å². The quantitative estimate of drug-likeness (QED) is 0.477. The Balaban J connectivity index is 4.10. The van der Waals surface area contributed by atoms with Gasteiger partial charge in [0.25, 0.3) is 0 Å². The lowest BCUT2D eigenvalue weighted by atomic mass is 10.3. The van der Waals surface area contributed by atoms with Crippen LogP contribution in [0.5, 0.6) is 0 Å². The summed E-state index contributed by atoms with van der Waals surface area (Å²) in [6.07, 6.45) is -2.05. The Morgan fingerprint density at radius 2 is 1.82 bits per heavy atom. The molecule has 0 radical (unpaired) electrons. The lowest BCUT2D eigenvalue weighted by molar-refractivity contribution is -0.158. The van der Waals surface area contributed by atoms with Crippen LogP contribution < -0.4 is 0 Å². The van der Waals surface area contributed by atoms with Crippen molar-refractivity contribution in [2.24, 2.45) is 0 Å². The minimum Gasteiger partial charge on any atom is -0.459 e. The summed E-state index contributed by atoms with van der Waals surface area (Å²) in [5.41, 5.74) is 0. The highest BCUT2D eigenvalue weighted by atomic mass is 16.6. The third-order valence-electron chi connectivity index (χ3n) is 2.11. The molecular formula is C11H23NO5. The molecule has 0 heterocycles. The minimum atomic E-state index is -1.14. The standard InChI is InChI=1S/C11H23NO5/c1-8(14)6-12(4-5-13)7-9(2)17-11(16)10(3)15/h8-10,13-15H,4-7H2,1-3H3. The molecule has 0 amide bonds. The smallest absolute Gasteiger partial charge is 0.334 e. The third-order valence-corrected chi connectivity index (χ3v) is 2.11. The zero-order valence-electron chi connectivity index (χ0n) is 10.7. The van der Waals surface area contributed by atoms with Crippen LogP contribution in [0.3, 0.4) is 0 Å². The van der Waals surface area contributed by atoms with Gasteiger partial charge in [0, 0.05) is 19.6 Å². The molecule has 0 aromatic rings.